The molecule has 3 aromatic rings. The molecule has 0 saturated carbocycles. The van der Waals surface area contributed by atoms with Crippen molar-refractivity contribution in [2.75, 3.05) is 5.01 Å². The van der Waals surface area contributed by atoms with E-state index < -0.39 is 0 Å². The lowest BCUT2D eigenvalue weighted by atomic mass is 10.1. The second-order valence-electron chi connectivity index (χ2n) is 6.79. The first-order chi connectivity index (χ1) is 14.5. The molecule has 0 saturated heterocycles. The predicted octanol–water partition coefficient (Wildman–Crippen LogP) is 6.49. The summed E-state index contributed by atoms with van der Waals surface area (Å²) in [5, 5.41) is 6.40. The smallest absolute Gasteiger partial charge is 0.280 e. The molecule has 0 aliphatic carbocycles. The van der Waals surface area contributed by atoms with E-state index in [4.69, 9.17) is 16.3 Å². The van der Waals surface area contributed by atoms with Crippen molar-refractivity contribution in [2.24, 2.45) is 5.10 Å². The van der Waals surface area contributed by atoms with Crippen molar-refractivity contribution in [3.63, 3.8) is 0 Å². The van der Waals surface area contributed by atoms with Gasteiger partial charge < -0.3 is 4.74 Å². The Labute approximate surface area is 188 Å². The Morgan fingerprint density at radius 3 is 2.53 bits per heavy atom. The van der Waals surface area contributed by atoms with Gasteiger partial charge >= 0.3 is 0 Å². The molecule has 3 aromatic carbocycles. The lowest BCUT2D eigenvalue weighted by Crippen LogP contribution is -2.21. The quantitative estimate of drug-likeness (QED) is 0.391. The summed E-state index contributed by atoms with van der Waals surface area (Å²) in [6.07, 6.45) is 1.78. The molecule has 0 N–H and O–H groups in total. The Kier molecular flexibility index (Phi) is 6.02. The number of nitrogens with zero attached hydrogens (tertiary/aromatic N) is 2. The van der Waals surface area contributed by atoms with Crippen molar-refractivity contribution in [3.05, 3.63) is 99.0 Å². The predicted molar refractivity (Wildman–Crippen MR) is 125 cm³/mol. The fourth-order valence-corrected chi connectivity index (χ4v) is 3.53. The molecule has 0 bridgehead atoms. The van der Waals surface area contributed by atoms with Gasteiger partial charge in [-0.15, -0.1) is 0 Å². The Hall–Kier alpha value is -2.89. The third kappa shape index (κ3) is 4.48. The van der Waals surface area contributed by atoms with Gasteiger partial charge in [-0.1, -0.05) is 57.9 Å². The first-order valence-electron chi connectivity index (χ1n) is 9.35. The molecule has 0 radical (unpaired) electrons. The molecule has 4 nitrogen and oxygen atoms in total. The van der Waals surface area contributed by atoms with Gasteiger partial charge in [0.15, 0.2) is 0 Å². The summed E-state index contributed by atoms with van der Waals surface area (Å²) in [7, 11) is 0. The lowest BCUT2D eigenvalue weighted by molar-refractivity contribution is -0.114. The van der Waals surface area contributed by atoms with Gasteiger partial charge in [-0.05, 0) is 61.0 Å². The molecule has 1 amide bonds. The number of amides is 1. The zero-order valence-corrected chi connectivity index (χ0v) is 18.5. The monoisotopic (exact) mass is 480 g/mol. The van der Waals surface area contributed by atoms with Crippen LogP contribution in [-0.4, -0.2) is 11.6 Å². The normalized spacial score (nSPS) is 14.9. The number of carbonyl (C=O) groups excluding carboxylic acids is 1. The maximum absolute atomic E-state index is 13.0. The summed E-state index contributed by atoms with van der Waals surface area (Å²) in [4.78, 5) is 13.0. The zero-order chi connectivity index (χ0) is 21.1. The van der Waals surface area contributed by atoms with Gasteiger partial charge in [0.1, 0.15) is 12.4 Å². The summed E-state index contributed by atoms with van der Waals surface area (Å²) in [5.41, 5.74) is 3.64. The third-order valence-corrected chi connectivity index (χ3v) is 5.41. The summed E-state index contributed by atoms with van der Waals surface area (Å²) in [6.45, 7) is 2.22. The Morgan fingerprint density at radius 2 is 1.80 bits per heavy atom. The van der Waals surface area contributed by atoms with E-state index in [0.717, 1.165) is 21.3 Å². The van der Waals surface area contributed by atoms with Crippen molar-refractivity contribution in [1.29, 1.82) is 0 Å². The van der Waals surface area contributed by atoms with E-state index in [-0.39, 0.29) is 5.91 Å². The Bertz CT molecular complexity index is 1140. The molecular weight excluding hydrogens is 464 g/mol. The molecule has 0 fully saturated rings. The van der Waals surface area contributed by atoms with Gasteiger partial charge in [0, 0.05) is 15.1 Å². The molecule has 1 aliphatic rings. The van der Waals surface area contributed by atoms with Crippen molar-refractivity contribution in [3.8, 4) is 5.75 Å². The van der Waals surface area contributed by atoms with Crippen LogP contribution in [0.5, 0.6) is 5.75 Å². The summed E-state index contributed by atoms with van der Waals surface area (Å²) >= 11 is 9.65. The van der Waals surface area contributed by atoms with Crippen LogP contribution < -0.4 is 9.75 Å². The minimum absolute atomic E-state index is 0.183. The standard InChI is InChI=1S/C24H18BrClN2O2/c1-16-22(24(29)28(27-16)21-5-3-2-4-6-21)14-18-13-20(26)11-12-23(18)30-15-17-7-9-19(25)10-8-17/h2-14H,15H2,1H3/b22-14+. The van der Waals surface area contributed by atoms with Gasteiger partial charge in [0.05, 0.1) is 17.0 Å². The molecule has 0 atom stereocenters. The molecule has 0 aromatic heterocycles. The number of ether oxygens (including phenoxy) is 1. The average Bonchev–Trinajstić information content (AvgIpc) is 3.03. The number of rotatable bonds is 5. The average molecular weight is 482 g/mol. The second kappa shape index (κ2) is 8.86. The molecule has 0 spiro atoms. The van der Waals surface area contributed by atoms with Crippen LogP contribution in [0.1, 0.15) is 18.1 Å². The van der Waals surface area contributed by atoms with Crippen LogP contribution in [0.3, 0.4) is 0 Å². The SMILES string of the molecule is CC1=NN(c2ccccc2)C(=O)/C1=C/c1cc(Cl)ccc1OCc1ccc(Br)cc1. The minimum atomic E-state index is -0.183. The van der Waals surface area contributed by atoms with Crippen LogP contribution in [0, 0.1) is 0 Å². The molecule has 4 rings (SSSR count). The maximum Gasteiger partial charge on any atom is 0.280 e. The number of halogens is 2. The first-order valence-corrected chi connectivity index (χ1v) is 10.5. The van der Waals surface area contributed by atoms with Crippen LogP contribution in [0.4, 0.5) is 5.69 Å². The second-order valence-corrected chi connectivity index (χ2v) is 8.15. The number of benzene rings is 3. The lowest BCUT2D eigenvalue weighted by Gasteiger charge is -2.12. The summed E-state index contributed by atoms with van der Waals surface area (Å²) in [6, 6.07) is 22.7. The van der Waals surface area contributed by atoms with E-state index in [1.165, 1.54) is 5.01 Å². The third-order valence-electron chi connectivity index (χ3n) is 4.64. The molecule has 1 aliphatic heterocycles. The molecule has 30 heavy (non-hydrogen) atoms. The van der Waals surface area contributed by atoms with Crippen molar-refractivity contribution in [1.82, 2.24) is 0 Å². The van der Waals surface area contributed by atoms with E-state index >= 15 is 0 Å². The number of anilines is 1. The van der Waals surface area contributed by atoms with Crippen molar-refractivity contribution < 1.29 is 9.53 Å². The number of hydrogen-bond acceptors (Lipinski definition) is 3. The van der Waals surface area contributed by atoms with Crippen molar-refractivity contribution >= 4 is 50.9 Å². The van der Waals surface area contributed by atoms with Crippen LogP contribution in [0.25, 0.3) is 6.08 Å². The first kappa shape index (κ1) is 20.4. The Balaban J connectivity index is 1.61. The highest BCUT2D eigenvalue weighted by atomic mass is 79.9. The minimum Gasteiger partial charge on any atom is -0.488 e. The summed E-state index contributed by atoms with van der Waals surface area (Å²) in [5.74, 6) is 0.464. The number of para-hydroxylation sites is 1. The fraction of sp³-hybridized carbons (Fsp3) is 0.0833. The topological polar surface area (TPSA) is 41.9 Å². The van der Waals surface area contributed by atoms with E-state index in [0.29, 0.717) is 28.7 Å². The molecule has 6 heteroatoms. The van der Waals surface area contributed by atoms with Gasteiger partial charge in [0.25, 0.3) is 5.91 Å². The van der Waals surface area contributed by atoms with E-state index in [2.05, 4.69) is 21.0 Å². The highest BCUT2D eigenvalue weighted by molar-refractivity contribution is 9.10. The van der Waals surface area contributed by atoms with Crippen LogP contribution in [0.15, 0.2) is 87.9 Å². The number of carbonyl (C=O) groups is 1. The van der Waals surface area contributed by atoms with Gasteiger partial charge in [-0.2, -0.15) is 10.1 Å². The van der Waals surface area contributed by atoms with Crippen LogP contribution in [0.2, 0.25) is 5.02 Å². The van der Waals surface area contributed by atoms with Crippen LogP contribution in [-0.2, 0) is 11.4 Å². The van der Waals surface area contributed by atoms with Gasteiger partial charge in [-0.25, -0.2) is 0 Å². The number of hydrazone groups is 1. The van der Waals surface area contributed by atoms with Crippen LogP contribution >= 0.6 is 27.5 Å². The molecule has 150 valence electrons. The van der Waals surface area contributed by atoms with E-state index in [1.54, 1.807) is 18.2 Å². The van der Waals surface area contributed by atoms with E-state index in [1.807, 2.05) is 67.6 Å². The van der Waals surface area contributed by atoms with E-state index in [9.17, 15) is 4.79 Å². The van der Waals surface area contributed by atoms with Crippen molar-refractivity contribution in [2.45, 2.75) is 13.5 Å². The van der Waals surface area contributed by atoms with Gasteiger partial charge in [0.2, 0.25) is 0 Å². The highest BCUT2D eigenvalue weighted by Crippen LogP contribution is 2.30. The summed E-state index contributed by atoms with van der Waals surface area (Å²) < 4.78 is 7.04. The fourth-order valence-electron chi connectivity index (χ4n) is 3.09. The number of hydrogen-bond donors (Lipinski definition) is 0. The largest absolute Gasteiger partial charge is 0.488 e. The highest BCUT2D eigenvalue weighted by Gasteiger charge is 2.28. The maximum atomic E-state index is 13.0. The molecular formula is C24H18BrClN2O2. The van der Waals surface area contributed by atoms with Gasteiger partial charge in [-0.3, -0.25) is 4.79 Å². The Morgan fingerprint density at radius 1 is 1.07 bits per heavy atom. The molecule has 0 unspecified atom stereocenters. The zero-order valence-electron chi connectivity index (χ0n) is 16.2. The molecule has 1 heterocycles.